The molecule has 100 valence electrons. The van der Waals surface area contributed by atoms with Gasteiger partial charge in [-0.15, -0.1) is 0 Å². The molecule has 0 amide bonds. The van der Waals surface area contributed by atoms with E-state index in [2.05, 4.69) is 11.9 Å². The van der Waals surface area contributed by atoms with Crippen LogP contribution in [0, 0.1) is 0 Å². The minimum Gasteiger partial charge on any atom is -0.294 e. The van der Waals surface area contributed by atoms with Gasteiger partial charge in [0.2, 0.25) is 0 Å². The Balaban J connectivity index is 2.00. The van der Waals surface area contributed by atoms with Gasteiger partial charge in [-0.05, 0) is 18.6 Å². The first-order chi connectivity index (χ1) is 8.84. The van der Waals surface area contributed by atoms with Crippen molar-refractivity contribution in [1.29, 1.82) is 0 Å². The van der Waals surface area contributed by atoms with Gasteiger partial charge in [-0.1, -0.05) is 51.9 Å². The molecule has 0 unspecified atom stereocenters. The van der Waals surface area contributed by atoms with E-state index in [-0.39, 0.29) is 5.78 Å². The molecular formula is C16H25NO. The van der Waals surface area contributed by atoms with Gasteiger partial charge in [-0.2, -0.15) is 0 Å². The Labute approximate surface area is 111 Å². The van der Waals surface area contributed by atoms with Crippen molar-refractivity contribution in [3.05, 3.63) is 30.1 Å². The Morgan fingerprint density at radius 2 is 1.50 bits per heavy atom. The zero-order chi connectivity index (χ0) is 13.1. The molecule has 0 radical (unpaired) electrons. The molecule has 1 heterocycles. The molecule has 18 heavy (non-hydrogen) atoms. The summed E-state index contributed by atoms with van der Waals surface area (Å²) in [6, 6.07) is 3.60. The number of carbonyl (C=O) groups is 1. The molecule has 0 aliphatic heterocycles. The van der Waals surface area contributed by atoms with Crippen molar-refractivity contribution in [2.24, 2.45) is 0 Å². The van der Waals surface area contributed by atoms with E-state index in [1.807, 2.05) is 0 Å². The summed E-state index contributed by atoms with van der Waals surface area (Å²) in [7, 11) is 0. The number of aromatic nitrogens is 1. The van der Waals surface area contributed by atoms with Gasteiger partial charge < -0.3 is 0 Å². The van der Waals surface area contributed by atoms with E-state index in [0.29, 0.717) is 6.42 Å². The average Bonchev–Trinajstić information content (AvgIpc) is 2.42. The maximum atomic E-state index is 11.8. The van der Waals surface area contributed by atoms with Crippen molar-refractivity contribution in [3.8, 4) is 0 Å². The smallest absolute Gasteiger partial charge is 0.162 e. The molecule has 0 saturated carbocycles. The summed E-state index contributed by atoms with van der Waals surface area (Å²) in [6.45, 7) is 2.24. The molecule has 0 spiro atoms. The van der Waals surface area contributed by atoms with Crippen LogP contribution in [-0.4, -0.2) is 10.8 Å². The van der Waals surface area contributed by atoms with Crippen molar-refractivity contribution in [2.45, 2.75) is 64.7 Å². The van der Waals surface area contributed by atoms with Gasteiger partial charge >= 0.3 is 0 Å². The monoisotopic (exact) mass is 247 g/mol. The third kappa shape index (κ3) is 6.53. The second-order valence-corrected chi connectivity index (χ2v) is 4.88. The fraction of sp³-hybridized carbons (Fsp3) is 0.625. The second-order valence-electron chi connectivity index (χ2n) is 4.88. The summed E-state index contributed by atoms with van der Waals surface area (Å²) >= 11 is 0. The van der Waals surface area contributed by atoms with E-state index in [4.69, 9.17) is 0 Å². The number of nitrogens with zero attached hydrogens (tertiary/aromatic N) is 1. The minimum atomic E-state index is 0.253. The van der Waals surface area contributed by atoms with Crippen molar-refractivity contribution < 1.29 is 4.79 Å². The lowest BCUT2D eigenvalue weighted by Crippen LogP contribution is -1.98. The van der Waals surface area contributed by atoms with E-state index in [1.54, 1.807) is 24.5 Å². The standard InChI is InChI=1S/C16H25NO/c1-2-3-4-5-6-7-8-9-10-16(18)15-11-13-17-14-12-15/h11-14H,2-10H2,1H3. The molecule has 0 bridgehead atoms. The molecule has 1 rings (SSSR count). The predicted octanol–water partition coefficient (Wildman–Crippen LogP) is 4.80. The highest BCUT2D eigenvalue weighted by Crippen LogP contribution is 2.11. The molecule has 1 aromatic rings. The summed E-state index contributed by atoms with van der Waals surface area (Å²) in [5, 5.41) is 0. The molecule has 2 heteroatoms. The summed E-state index contributed by atoms with van der Waals surface area (Å²) in [4.78, 5) is 15.7. The van der Waals surface area contributed by atoms with Crippen LogP contribution in [-0.2, 0) is 0 Å². The van der Waals surface area contributed by atoms with Gasteiger partial charge in [0.25, 0.3) is 0 Å². The van der Waals surface area contributed by atoms with E-state index in [1.165, 1.54) is 44.9 Å². The van der Waals surface area contributed by atoms with Gasteiger partial charge in [0.1, 0.15) is 0 Å². The Bertz CT molecular complexity index is 321. The van der Waals surface area contributed by atoms with Crippen molar-refractivity contribution >= 4 is 5.78 Å². The van der Waals surface area contributed by atoms with Crippen LogP contribution in [0.25, 0.3) is 0 Å². The lowest BCUT2D eigenvalue weighted by Gasteiger charge is -2.02. The van der Waals surface area contributed by atoms with Crippen molar-refractivity contribution in [2.75, 3.05) is 0 Å². The number of ketones is 1. The average molecular weight is 247 g/mol. The summed E-state index contributed by atoms with van der Waals surface area (Å²) in [5.74, 6) is 0.253. The fourth-order valence-corrected chi connectivity index (χ4v) is 2.10. The number of carbonyl (C=O) groups excluding carboxylic acids is 1. The second kappa shape index (κ2) is 9.81. The highest BCUT2D eigenvalue weighted by Gasteiger charge is 2.04. The van der Waals surface area contributed by atoms with Crippen LogP contribution in [0.3, 0.4) is 0 Å². The van der Waals surface area contributed by atoms with E-state index in [9.17, 15) is 4.79 Å². The van der Waals surface area contributed by atoms with Gasteiger partial charge in [-0.3, -0.25) is 9.78 Å². The van der Waals surface area contributed by atoms with Gasteiger partial charge in [-0.25, -0.2) is 0 Å². The Morgan fingerprint density at radius 3 is 2.11 bits per heavy atom. The molecule has 2 nitrogen and oxygen atoms in total. The quantitative estimate of drug-likeness (QED) is 0.439. The van der Waals surface area contributed by atoms with Crippen LogP contribution in [0.15, 0.2) is 24.5 Å². The summed E-state index contributed by atoms with van der Waals surface area (Å²) in [5.41, 5.74) is 0.799. The lowest BCUT2D eigenvalue weighted by atomic mass is 10.0. The Hall–Kier alpha value is -1.18. The maximum Gasteiger partial charge on any atom is 0.162 e. The van der Waals surface area contributed by atoms with Crippen LogP contribution in [0.4, 0.5) is 0 Å². The van der Waals surface area contributed by atoms with Crippen LogP contribution in [0.1, 0.15) is 75.1 Å². The fourth-order valence-electron chi connectivity index (χ4n) is 2.10. The molecule has 0 saturated heterocycles. The van der Waals surface area contributed by atoms with Crippen LogP contribution in [0.5, 0.6) is 0 Å². The number of Topliss-reactive ketones (excluding diaryl/α,β-unsaturated/α-hetero) is 1. The summed E-state index contributed by atoms with van der Waals surface area (Å²) < 4.78 is 0. The predicted molar refractivity (Wildman–Crippen MR) is 75.8 cm³/mol. The molecular weight excluding hydrogens is 222 g/mol. The third-order valence-corrected chi connectivity index (χ3v) is 3.26. The third-order valence-electron chi connectivity index (χ3n) is 3.26. The van der Waals surface area contributed by atoms with Crippen LogP contribution in [0.2, 0.25) is 0 Å². The zero-order valence-electron chi connectivity index (χ0n) is 11.5. The first-order valence-electron chi connectivity index (χ1n) is 7.28. The van der Waals surface area contributed by atoms with Crippen LogP contribution >= 0.6 is 0 Å². The highest BCUT2D eigenvalue weighted by molar-refractivity contribution is 5.95. The normalized spacial score (nSPS) is 10.5. The first-order valence-corrected chi connectivity index (χ1v) is 7.28. The number of pyridine rings is 1. The SMILES string of the molecule is CCCCCCCCCCC(=O)c1ccncc1. The van der Waals surface area contributed by atoms with Crippen molar-refractivity contribution in [3.63, 3.8) is 0 Å². The molecule has 0 aromatic carbocycles. The number of hydrogen-bond acceptors (Lipinski definition) is 2. The van der Waals surface area contributed by atoms with Crippen LogP contribution < -0.4 is 0 Å². The molecule has 0 aliphatic rings. The van der Waals surface area contributed by atoms with Gasteiger partial charge in [0.05, 0.1) is 0 Å². The molecule has 0 fully saturated rings. The van der Waals surface area contributed by atoms with Crippen molar-refractivity contribution in [1.82, 2.24) is 4.98 Å². The minimum absolute atomic E-state index is 0.253. The topological polar surface area (TPSA) is 30.0 Å². The van der Waals surface area contributed by atoms with E-state index >= 15 is 0 Å². The maximum absolute atomic E-state index is 11.8. The highest BCUT2D eigenvalue weighted by atomic mass is 16.1. The number of hydrogen-bond donors (Lipinski definition) is 0. The largest absolute Gasteiger partial charge is 0.294 e. The molecule has 0 aliphatic carbocycles. The molecule has 1 aromatic heterocycles. The van der Waals surface area contributed by atoms with E-state index in [0.717, 1.165) is 12.0 Å². The Morgan fingerprint density at radius 1 is 0.944 bits per heavy atom. The summed E-state index contributed by atoms with van der Waals surface area (Å²) in [6.07, 6.45) is 14.2. The first kappa shape index (κ1) is 14.9. The number of rotatable bonds is 10. The molecule has 0 atom stereocenters. The van der Waals surface area contributed by atoms with Gasteiger partial charge in [0.15, 0.2) is 5.78 Å². The Kier molecular flexibility index (Phi) is 8.11. The lowest BCUT2D eigenvalue weighted by molar-refractivity contribution is 0.0979. The van der Waals surface area contributed by atoms with Gasteiger partial charge in [0, 0.05) is 24.4 Å². The molecule has 0 N–H and O–H groups in total. The number of unbranched alkanes of at least 4 members (excludes halogenated alkanes) is 7. The zero-order valence-corrected chi connectivity index (χ0v) is 11.5. The van der Waals surface area contributed by atoms with E-state index < -0.39 is 0 Å².